The number of fused-ring (bicyclic) bond motifs is 1. The molecule has 0 aliphatic heterocycles. The van der Waals surface area contributed by atoms with Crippen molar-refractivity contribution in [3.8, 4) is 0 Å². The fourth-order valence-electron chi connectivity index (χ4n) is 3.51. The first-order chi connectivity index (χ1) is 15.4. The molecular weight excluding hydrogens is 419 g/mol. The van der Waals surface area contributed by atoms with Gasteiger partial charge in [0.05, 0.1) is 10.9 Å². The van der Waals surface area contributed by atoms with E-state index in [1.54, 1.807) is 18.2 Å². The van der Waals surface area contributed by atoms with Crippen LogP contribution in [0.1, 0.15) is 42.0 Å². The van der Waals surface area contributed by atoms with Gasteiger partial charge in [0.1, 0.15) is 5.82 Å². The van der Waals surface area contributed by atoms with E-state index >= 15 is 0 Å². The Morgan fingerprint density at radius 1 is 0.844 bits per heavy atom. The molecule has 0 saturated carbocycles. The van der Waals surface area contributed by atoms with Gasteiger partial charge in [0, 0.05) is 5.56 Å². The van der Waals surface area contributed by atoms with Crippen LogP contribution in [-0.4, -0.2) is 0 Å². The Kier molecular flexibility index (Phi) is 7.62. The predicted molar refractivity (Wildman–Crippen MR) is 121 cm³/mol. The van der Waals surface area contributed by atoms with Crippen molar-refractivity contribution in [1.29, 1.82) is 0 Å². The van der Waals surface area contributed by atoms with Crippen molar-refractivity contribution in [2.45, 2.75) is 32.6 Å². The van der Waals surface area contributed by atoms with Crippen LogP contribution in [0.2, 0.25) is 0 Å². The van der Waals surface area contributed by atoms with E-state index < -0.39 is 40.1 Å². The smallest absolute Gasteiger partial charge is 0.170 e. The van der Waals surface area contributed by atoms with Crippen molar-refractivity contribution in [1.82, 2.24) is 0 Å². The van der Waals surface area contributed by atoms with Gasteiger partial charge in [-0.15, -0.1) is 6.58 Å². The lowest BCUT2D eigenvalue weighted by atomic mass is 9.98. The van der Waals surface area contributed by atoms with Crippen LogP contribution in [0.15, 0.2) is 67.3 Å². The highest BCUT2D eigenvalue weighted by Gasteiger charge is 2.23. The summed E-state index contributed by atoms with van der Waals surface area (Å²) in [7, 11) is 0. The van der Waals surface area contributed by atoms with Crippen molar-refractivity contribution >= 4 is 22.4 Å². The van der Waals surface area contributed by atoms with Gasteiger partial charge in [-0.1, -0.05) is 54.6 Å². The molecular formula is C27H23F5. The van der Waals surface area contributed by atoms with Crippen LogP contribution in [-0.2, 0) is 12.8 Å². The fraction of sp³-hybridized carbons (Fsp3) is 0.185. The van der Waals surface area contributed by atoms with Gasteiger partial charge in [-0.2, -0.15) is 0 Å². The Hall–Kier alpha value is -3.21. The molecule has 0 radical (unpaired) electrons. The maximum absolute atomic E-state index is 14.9. The van der Waals surface area contributed by atoms with Crippen LogP contribution < -0.4 is 0 Å². The van der Waals surface area contributed by atoms with Crippen LogP contribution >= 0.6 is 0 Å². The van der Waals surface area contributed by atoms with Gasteiger partial charge in [0.15, 0.2) is 23.3 Å². The summed E-state index contributed by atoms with van der Waals surface area (Å²) in [5.74, 6) is -6.92. The number of rotatable bonds is 8. The zero-order valence-electron chi connectivity index (χ0n) is 17.7. The maximum Gasteiger partial charge on any atom is 0.170 e. The molecule has 5 heteroatoms. The lowest BCUT2D eigenvalue weighted by molar-refractivity contribution is 0.505. The monoisotopic (exact) mass is 442 g/mol. The number of halogens is 5. The molecule has 0 spiro atoms. The highest BCUT2D eigenvalue weighted by Crippen LogP contribution is 2.35. The minimum Gasteiger partial charge on any atom is -0.206 e. The third kappa shape index (κ3) is 4.82. The molecule has 3 aromatic carbocycles. The Morgan fingerprint density at radius 3 is 2.22 bits per heavy atom. The molecule has 3 aromatic rings. The van der Waals surface area contributed by atoms with Crippen LogP contribution in [0.4, 0.5) is 22.0 Å². The number of hydrogen-bond acceptors (Lipinski definition) is 0. The highest BCUT2D eigenvalue weighted by molar-refractivity contribution is 5.91. The van der Waals surface area contributed by atoms with E-state index in [-0.39, 0.29) is 16.5 Å². The van der Waals surface area contributed by atoms with Gasteiger partial charge >= 0.3 is 0 Å². The Balaban J connectivity index is 2.03. The second-order valence-electron chi connectivity index (χ2n) is 7.45. The van der Waals surface area contributed by atoms with E-state index in [0.717, 1.165) is 18.1 Å². The van der Waals surface area contributed by atoms with Crippen LogP contribution in [0.5, 0.6) is 0 Å². The van der Waals surface area contributed by atoms with Gasteiger partial charge < -0.3 is 0 Å². The van der Waals surface area contributed by atoms with Crippen molar-refractivity contribution in [3.63, 3.8) is 0 Å². The molecule has 0 nitrogen and oxygen atoms in total. The SMILES string of the molecule is C=CCCc1ccc(C(F)=C(F)c2cc3ccc(CC/C=C/C)c(F)c3c(F)c2F)cc1. The normalized spacial score (nSPS) is 12.4. The molecule has 0 fully saturated rings. The third-order valence-electron chi connectivity index (χ3n) is 5.29. The lowest BCUT2D eigenvalue weighted by Gasteiger charge is -2.11. The molecule has 166 valence electrons. The summed E-state index contributed by atoms with van der Waals surface area (Å²) in [6.07, 6.45) is 7.67. The van der Waals surface area contributed by atoms with Gasteiger partial charge in [0.2, 0.25) is 0 Å². The molecule has 32 heavy (non-hydrogen) atoms. The van der Waals surface area contributed by atoms with Crippen LogP contribution in [0, 0.1) is 17.5 Å². The minimum absolute atomic E-state index is 0.0473. The molecule has 0 N–H and O–H groups in total. The molecule has 0 aromatic heterocycles. The van der Waals surface area contributed by atoms with Gasteiger partial charge in [-0.3, -0.25) is 0 Å². The largest absolute Gasteiger partial charge is 0.206 e. The lowest BCUT2D eigenvalue weighted by Crippen LogP contribution is -2.00. The summed E-state index contributed by atoms with van der Waals surface area (Å²) in [4.78, 5) is 0. The summed E-state index contributed by atoms with van der Waals surface area (Å²) < 4.78 is 73.8. The second kappa shape index (κ2) is 10.4. The summed E-state index contributed by atoms with van der Waals surface area (Å²) in [5, 5.41) is -0.613. The number of benzene rings is 3. The molecule has 0 saturated heterocycles. The average Bonchev–Trinajstić information content (AvgIpc) is 2.80. The molecule has 0 bridgehead atoms. The van der Waals surface area contributed by atoms with E-state index in [4.69, 9.17) is 0 Å². The average molecular weight is 442 g/mol. The summed E-state index contributed by atoms with van der Waals surface area (Å²) in [6, 6.07) is 9.77. The third-order valence-corrected chi connectivity index (χ3v) is 5.29. The maximum atomic E-state index is 14.9. The van der Waals surface area contributed by atoms with Crippen LogP contribution in [0.3, 0.4) is 0 Å². The fourth-order valence-corrected chi connectivity index (χ4v) is 3.51. The van der Waals surface area contributed by atoms with E-state index in [1.807, 2.05) is 19.1 Å². The molecule has 3 rings (SSSR count). The van der Waals surface area contributed by atoms with Crippen molar-refractivity contribution in [2.75, 3.05) is 0 Å². The van der Waals surface area contributed by atoms with Crippen molar-refractivity contribution < 1.29 is 22.0 Å². The number of hydrogen-bond donors (Lipinski definition) is 0. The van der Waals surface area contributed by atoms with Crippen molar-refractivity contribution in [3.05, 3.63) is 107 Å². The minimum atomic E-state index is -1.63. The van der Waals surface area contributed by atoms with Gasteiger partial charge in [-0.25, -0.2) is 22.0 Å². The molecule has 0 unspecified atom stereocenters. The Labute approximate surface area is 184 Å². The summed E-state index contributed by atoms with van der Waals surface area (Å²) in [5.41, 5.74) is 0.144. The summed E-state index contributed by atoms with van der Waals surface area (Å²) in [6.45, 7) is 5.46. The highest BCUT2D eigenvalue weighted by atomic mass is 19.2. The summed E-state index contributed by atoms with van der Waals surface area (Å²) >= 11 is 0. The standard InChI is InChI=1S/C27H23F5/c1-3-5-7-9-18-14-15-20-16-21(26(31)27(32)22(20)23(18)28)25(30)24(29)19-12-10-17(11-13-19)8-6-4-2/h3-5,10-16H,2,6-9H2,1H3/b5-3+,25-24?. The number of aryl methyl sites for hydroxylation is 2. The molecule has 0 heterocycles. The second-order valence-corrected chi connectivity index (χ2v) is 7.45. The Bertz CT molecular complexity index is 1190. The van der Waals surface area contributed by atoms with Crippen molar-refractivity contribution in [2.24, 2.45) is 0 Å². The van der Waals surface area contributed by atoms with E-state index in [0.29, 0.717) is 19.3 Å². The zero-order valence-corrected chi connectivity index (χ0v) is 17.7. The number of allylic oxidation sites excluding steroid dienone is 3. The van der Waals surface area contributed by atoms with Gasteiger partial charge in [-0.05, 0) is 55.2 Å². The van der Waals surface area contributed by atoms with E-state index in [2.05, 4.69) is 6.58 Å². The van der Waals surface area contributed by atoms with Gasteiger partial charge in [0.25, 0.3) is 0 Å². The topological polar surface area (TPSA) is 0 Å². The van der Waals surface area contributed by atoms with E-state index in [9.17, 15) is 22.0 Å². The zero-order chi connectivity index (χ0) is 23.3. The first-order valence-electron chi connectivity index (χ1n) is 10.3. The molecule has 0 aliphatic carbocycles. The Morgan fingerprint density at radius 2 is 1.56 bits per heavy atom. The first kappa shape index (κ1) is 23.5. The van der Waals surface area contributed by atoms with E-state index in [1.165, 1.54) is 24.3 Å². The molecule has 0 atom stereocenters. The first-order valence-corrected chi connectivity index (χ1v) is 10.3. The predicted octanol–water partition coefficient (Wildman–Crippen LogP) is 8.65. The van der Waals surface area contributed by atoms with Crippen LogP contribution in [0.25, 0.3) is 22.4 Å². The quantitative estimate of drug-likeness (QED) is 0.186. The molecule has 0 aliphatic rings. The molecule has 0 amide bonds.